The van der Waals surface area contributed by atoms with Crippen LogP contribution in [0.5, 0.6) is 5.88 Å². The van der Waals surface area contributed by atoms with Gasteiger partial charge in [-0.2, -0.15) is 0 Å². The van der Waals surface area contributed by atoms with Crippen molar-refractivity contribution in [3.05, 3.63) is 59.8 Å². The molecule has 2 aromatic rings. The van der Waals surface area contributed by atoms with Gasteiger partial charge in [-0.3, -0.25) is 0 Å². The number of ether oxygens (including phenoxy) is 1. The van der Waals surface area contributed by atoms with Crippen molar-refractivity contribution in [3.8, 4) is 5.88 Å². The molecule has 0 bridgehead atoms. The fourth-order valence-electron chi connectivity index (χ4n) is 2.19. The van der Waals surface area contributed by atoms with Gasteiger partial charge in [0.1, 0.15) is 0 Å². The molecule has 2 rings (SSSR count). The molecule has 20 heavy (non-hydrogen) atoms. The Morgan fingerprint density at radius 2 is 1.95 bits per heavy atom. The van der Waals surface area contributed by atoms with E-state index in [1.165, 1.54) is 11.1 Å². The second-order valence-corrected chi connectivity index (χ2v) is 4.88. The van der Waals surface area contributed by atoms with Crippen molar-refractivity contribution in [2.24, 2.45) is 0 Å². The van der Waals surface area contributed by atoms with Crippen molar-refractivity contribution < 1.29 is 4.74 Å². The zero-order valence-electron chi connectivity index (χ0n) is 12.2. The summed E-state index contributed by atoms with van der Waals surface area (Å²) in [4.78, 5) is 4.12. The molecule has 3 heteroatoms. The van der Waals surface area contributed by atoms with Crippen molar-refractivity contribution in [1.29, 1.82) is 0 Å². The van der Waals surface area contributed by atoms with E-state index in [-0.39, 0.29) is 0 Å². The molecule has 0 saturated heterocycles. The van der Waals surface area contributed by atoms with Gasteiger partial charge in [-0.05, 0) is 30.0 Å². The van der Waals surface area contributed by atoms with E-state index >= 15 is 0 Å². The van der Waals surface area contributed by atoms with Gasteiger partial charge < -0.3 is 10.1 Å². The van der Waals surface area contributed by atoms with Gasteiger partial charge in [0.15, 0.2) is 0 Å². The Hall–Kier alpha value is -1.87. The molecule has 1 aromatic heterocycles. The van der Waals surface area contributed by atoms with E-state index in [1.807, 2.05) is 12.1 Å². The maximum Gasteiger partial charge on any atom is 0.213 e. The highest BCUT2D eigenvalue weighted by atomic mass is 16.5. The van der Waals surface area contributed by atoms with E-state index in [9.17, 15) is 0 Å². The minimum absolute atomic E-state index is 0.483. The molecule has 1 aromatic carbocycles. The van der Waals surface area contributed by atoms with Crippen LogP contribution in [0.25, 0.3) is 0 Å². The largest absolute Gasteiger partial charge is 0.481 e. The fraction of sp³-hybridized carbons (Fsp3) is 0.353. The first-order chi connectivity index (χ1) is 9.81. The number of nitrogens with zero attached hydrogens (tertiary/aromatic N) is 1. The van der Waals surface area contributed by atoms with Crippen LogP contribution in [0.15, 0.2) is 48.7 Å². The Kier molecular flexibility index (Phi) is 5.56. The van der Waals surface area contributed by atoms with Gasteiger partial charge in [0.2, 0.25) is 5.88 Å². The molecule has 1 N–H and O–H groups in total. The molecule has 0 fully saturated rings. The molecule has 3 nitrogen and oxygen atoms in total. The quantitative estimate of drug-likeness (QED) is 0.839. The summed E-state index contributed by atoms with van der Waals surface area (Å²) in [6.45, 7) is 3.05. The molecule has 0 amide bonds. The van der Waals surface area contributed by atoms with E-state index in [4.69, 9.17) is 4.74 Å². The van der Waals surface area contributed by atoms with Gasteiger partial charge in [0, 0.05) is 24.8 Å². The Morgan fingerprint density at radius 1 is 1.15 bits per heavy atom. The van der Waals surface area contributed by atoms with Crippen molar-refractivity contribution >= 4 is 0 Å². The van der Waals surface area contributed by atoms with Crippen molar-refractivity contribution in [2.45, 2.75) is 32.4 Å². The van der Waals surface area contributed by atoms with Crippen LogP contribution in [0.2, 0.25) is 0 Å². The lowest BCUT2D eigenvalue weighted by atomic mass is 10.0. The molecule has 1 unspecified atom stereocenters. The van der Waals surface area contributed by atoms with Crippen molar-refractivity contribution in [1.82, 2.24) is 10.3 Å². The Morgan fingerprint density at radius 3 is 2.65 bits per heavy atom. The minimum Gasteiger partial charge on any atom is -0.481 e. The molecule has 0 aliphatic rings. The number of benzene rings is 1. The summed E-state index contributed by atoms with van der Waals surface area (Å²) in [6, 6.07) is 15.1. The Bertz CT molecular complexity index is 513. The van der Waals surface area contributed by atoms with E-state index in [0.717, 1.165) is 19.4 Å². The first kappa shape index (κ1) is 14.5. The van der Waals surface area contributed by atoms with Crippen molar-refractivity contribution in [3.63, 3.8) is 0 Å². The highest BCUT2D eigenvalue weighted by molar-refractivity contribution is 5.20. The van der Waals surface area contributed by atoms with Gasteiger partial charge in [0.25, 0.3) is 0 Å². The average molecular weight is 270 g/mol. The number of hydrogen-bond acceptors (Lipinski definition) is 3. The van der Waals surface area contributed by atoms with Gasteiger partial charge in [0.05, 0.1) is 7.11 Å². The fourth-order valence-corrected chi connectivity index (χ4v) is 2.19. The van der Waals surface area contributed by atoms with Gasteiger partial charge in [-0.15, -0.1) is 0 Å². The Labute approximate surface area is 121 Å². The summed E-state index contributed by atoms with van der Waals surface area (Å²) in [5, 5.41) is 3.60. The monoisotopic (exact) mass is 270 g/mol. The predicted molar refractivity (Wildman–Crippen MR) is 81.9 cm³/mol. The normalized spacial score (nSPS) is 12.1. The maximum absolute atomic E-state index is 5.14. The lowest BCUT2D eigenvalue weighted by molar-refractivity contribution is 0.396. The molecule has 0 radical (unpaired) electrons. The third kappa shape index (κ3) is 4.35. The van der Waals surface area contributed by atoms with E-state index < -0.39 is 0 Å². The summed E-state index contributed by atoms with van der Waals surface area (Å²) in [5.41, 5.74) is 2.57. The van der Waals surface area contributed by atoms with Crippen LogP contribution in [-0.4, -0.2) is 18.1 Å². The van der Waals surface area contributed by atoms with Crippen LogP contribution in [-0.2, 0) is 13.0 Å². The summed E-state index contributed by atoms with van der Waals surface area (Å²) < 4.78 is 5.14. The number of pyridine rings is 1. The van der Waals surface area contributed by atoms with E-state index in [0.29, 0.717) is 11.9 Å². The molecule has 0 aliphatic carbocycles. The molecule has 0 spiro atoms. The second-order valence-electron chi connectivity index (χ2n) is 4.88. The summed E-state index contributed by atoms with van der Waals surface area (Å²) >= 11 is 0. The smallest absolute Gasteiger partial charge is 0.213 e. The molecule has 1 atom stereocenters. The van der Waals surface area contributed by atoms with Gasteiger partial charge in [-0.1, -0.05) is 37.3 Å². The van der Waals surface area contributed by atoms with Crippen LogP contribution in [0.4, 0.5) is 0 Å². The number of hydrogen-bond donors (Lipinski definition) is 1. The highest BCUT2D eigenvalue weighted by Gasteiger charge is 2.07. The van der Waals surface area contributed by atoms with Crippen LogP contribution in [0, 0.1) is 0 Å². The maximum atomic E-state index is 5.14. The van der Waals surface area contributed by atoms with Crippen LogP contribution in [0.3, 0.4) is 0 Å². The number of aromatic nitrogens is 1. The third-order valence-electron chi connectivity index (χ3n) is 3.42. The summed E-state index contributed by atoms with van der Waals surface area (Å²) in [6.07, 6.45) is 3.95. The minimum atomic E-state index is 0.483. The standard InChI is InChI=1S/C17H22N2O/c1-3-16(11-14-7-5-4-6-8-14)19-13-15-9-10-18-17(12-15)20-2/h4-10,12,16,19H,3,11,13H2,1-2H3. The van der Waals surface area contributed by atoms with Gasteiger partial charge >= 0.3 is 0 Å². The van der Waals surface area contributed by atoms with Crippen LogP contribution in [0.1, 0.15) is 24.5 Å². The molecule has 1 heterocycles. The third-order valence-corrected chi connectivity index (χ3v) is 3.42. The van der Waals surface area contributed by atoms with Crippen LogP contribution >= 0.6 is 0 Å². The first-order valence-corrected chi connectivity index (χ1v) is 7.08. The Balaban J connectivity index is 1.90. The predicted octanol–water partition coefficient (Wildman–Crippen LogP) is 3.20. The summed E-state index contributed by atoms with van der Waals surface area (Å²) in [5.74, 6) is 0.667. The molecular formula is C17H22N2O. The zero-order valence-corrected chi connectivity index (χ0v) is 12.2. The highest BCUT2D eigenvalue weighted by Crippen LogP contribution is 2.10. The molecule has 106 valence electrons. The molecule has 0 saturated carbocycles. The molecular weight excluding hydrogens is 248 g/mol. The number of nitrogens with one attached hydrogen (secondary N) is 1. The topological polar surface area (TPSA) is 34.2 Å². The van der Waals surface area contributed by atoms with Gasteiger partial charge in [-0.25, -0.2) is 4.98 Å². The summed E-state index contributed by atoms with van der Waals surface area (Å²) in [7, 11) is 1.64. The number of rotatable bonds is 7. The van der Waals surface area contributed by atoms with E-state index in [1.54, 1.807) is 13.3 Å². The van der Waals surface area contributed by atoms with E-state index in [2.05, 4.69) is 47.6 Å². The number of methoxy groups -OCH3 is 1. The SMILES string of the molecule is CCC(Cc1ccccc1)NCc1ccnc(OC)c1. The second kappa shape index (κ2) is 7.65. The average Bonchev–Trinajstić information content (AvgIpc) is 2.52. The molecule has 0 aliphatic heterocycles. The first-order valence-electron chi connectivity index (χ1n) is 7.08. The zero-order chi connectivity index (χ0) is 14.2. The van der Waals surface area contributed by atoms with Crippen molar-refractivity contribution in [2.75, 3.05) is 7.11 Å². The van der Waals surface area contributed by atoms with Crippen LogP contribution < -0.4 is 10.1 Å². The lowest BCUT2D eigenvalue weighted by Gasteiger charge is -2.17. The lowest BCUT2D eigenvalue weighted by Crippen LogP contribution is -2.30.